The number of hydrogen-bond donors (Lipinski definition) is 0. The maximum absolute atomic E-state index is 13.7. The molecule has 1 aliphatic heterocycles. The van der Waals surface area contributed by atoms with E-state index in [1.54, 1.807) is 17.0 Å². The summed E-state index contributed by atoms with van der Waals surface area (Å²) in [6.07, 6.45) is 2.84. The van der Waals surface area contributed by atoms with E-state index >= 15 is 0 Å². The summed E-state index contributed by atoms with van der Waals surface area (Å²) in [5.74, 6) is -0.322. The molecule has 1 aromatic heterocycles. The second-order valence-corrected chi connectivity index (χ2v) is 13.9. The third-order valence-electron chi connectivity index (χ3n) is 6.58. The van der Waals surface area contributed by atoms with Gasteiger partial charge in [0.05, 0.1) is 14.5 Å². The average molecular weight is 565 g/mol. The molecule has 0 N–H and O–H groups in total. The van der Waals surface area contributed by atoms with E-state index in [4.69, 9.17) is 0 Å². The van der Waals surface area contributed by atoms with E-state index in [2.05, 4.69) is 9.88 Å². The molecule has 0 spiro atoms. The lowest BCUT2D eigenvalue weighted by molar-refractivity contribution is 0.0983. The Kier molecular flexibility index (Phi) is 8.34. The lowest BCUT2D eigenvalue weighted by Gasteiger charge is -2.25. The summed E-state index contributed by atoms with van der Waals surface area (Å²) in [6, 6.07) is 11.0. The highest BCUT2D eigenvalue weighted by Gasteiger charge is 2.28. The Bertz CT molecular complexity index is 1470. The number of sulfonamides is 1. The van der Waals surface area contributed by atoms with Crippen LogP contribution in [0, 0.1) is 0 Å². The number of carbonyl (C=O) groups excluding carboxylic acids is 1. The van der Waals surface area contributed by atoms with E-state index in [0.717, 1.165) is 32.2 Å². The molecule has 1 saturated heterocycles. The highest BCUT2D eigenvalue weighted by molar-refractivity contribution is 7.91. The molecule has 12 heteroatoms. The van der Waals surface area contributed by atoms with E-state index in [-0.39, 0.29) is 15.7 Å². The first kappa shape index (κ1) is 27.6. The molecule has 200 valence electrons. The monoisotopic (exact) mass is 564 g/mol. The van der Waals surface area contributed by atoms with Gasteiger partial charge in [0.25, 0.3) is 5.91 Å². The minimum Gasteiger partial charge on any atom is -0.302 e. The fraction of sp³-hybridized carbons (Fsp3) is 0.440. The van der Waals surface area contributed by atoms with E-state index in [0.29, 0.717) is 47.1 Å². The predicted octanol–water partition coefficient (Wildman–Crippen LogP) is 3.47. The van der Waals surface area contributed by atoms with Crippen LogP contribution in [0.25, 0.3) is 10.2 Å². The highest BCUT2D eigenvalue weighted by Crippen LogP contribution is 2.33. The van der Waals surface area contributed by atoms with Gasteiger partial charge >= 0.3 is 0 Å². The number of hydrogen-bond acceptors (Lipinski definition) is 8. The maximum atomic E-state index is 13.7. The zero-order chi connectivity index (χ0) is 26.8. The number of rotatable bonds is 10. The molecule has 2 heterocycles. The van der Waals surface area contributed by atoms with Gasteiger partial charge in [-0.05, 0) is 62.3 Å². The molecule has 2 aromatic carbocycles. The van der Waals surface area contributed by atoms with Gasteiger partial charge in [0, 0.05) is 38.0 Å². The SMILES string of the molecule is CCN(CC)CCN(C(=O)c1ccc(S(=O)(=O)N2CCCC2)cc1)c1nc2c(S(C)(=O)=O)cccc2s1. The zero-order valence-electron chi connectivity index (χ0n) is 21.3. The summed E-state index contributed by atoms with van der Waals surface area (Å²) in [6.45, 7) is 7.71. The van der Waals surface area contributed by atoms with Gasteiger partial charge in [0.1, 0.15) is 5.52 Å². The number of aromatic nitrogens is 1. The summed E-state index contributed by atoms with van der Waals surface area (Å²) in [5.41, 5.74) is 0.681. The van der Waals surface area contributed by atoms with Crippen LogP contribution in [0.1, 0.15) is 37.0 Å². The van der Waals surface area contributed by atoms with Crippen molar-refractivity contribution in [3.05, 3.63) is 48.0 Å². The van der Waals surface area contributed by atoms with Crippen molar-refractivity contribution >= 4 is 52.5 Å². The minimum atomic E-state index is -3.58. The van der Waals surface area contributed by atoms with Crippen molar-refractivity contribution in [1.29, 1.82) is 0 Å². The van der Waals surface area contributed by atoms with Crippen molar-refractivity contribution in [2.75, 3.05) is 50.4 Å². The zero-order valence-corrected chi connectivity index (χ0v) is 23.7. The molecule has 1 fully saturated rings. The molecule has 1 aliphatic rings. The van der Waals surface area contributed by atoms with E-state index in [1.807, 2.05) is 13.8 Å². The van der Waals surface area contributed by atoms with Gasteiger partial charge in [-0.2, -0.15) is 4.31 Å². The fourth-order valence-electron chi connectivity index (χ4n) is 4.39. The lowest BCUT2D eigenvalue weighted by atomic mass is 10.2. The third-order valence-corrected chi connectivity index (χ3v) is 10.7. The Hall–Kier alpha value is -2.38. The van der Waals surface area contributed by atoms with Crippen molar-refractivity contribution in [1.82, 2.24) is 14.2 Å². The molecule has 0 atom stereocenters. The topological polar surface area (TPSA) is 108 Å². The quantitative estimate of drug-likeness (QED) is 0.371. The molecule has 9 nitrogen and oxygen atoms in total. The van der Waals surface area contributed by atoms with Crippen LogP contribution in [0.3, 0.4) is 0 Å². The Morgan fingerprint density at radius 1 is 0.973 bits per heavy atom. The van der Waals surface area contributed by atoms with E-state index < -0.39 is 19.9 Å². The molecule has 0 aliphatic carbocycles. The largest absolute Gasteiger partial charge is 0.302 e. The van der Waals surface area contributed by atoms with E-state index in [1.165, 1.54) is 46.0 Å². The minimum absolute atomic E-state index is 0.125. The van der Waals surface area contributed by atoms with Crippen LogP contribution in [0.15, 0.2) is 52.3 Å². The number of para-hydroxylation sites is 1. The molecular weight excluding hydrogens is 532 g/mol. The van der Waals surface area contributed by atoms with Gasteiger partial charge in [0.2, 0.25) is 10.0 Å². The number of sulfone groups is 1. The first-order valence-electron chi connectivity index (χ1n) is 12.3. The maximum Gasteiger partial charge on any atom is 0.260 e. The van der Waals surface area contributed by atoms with E-state index in [9.17, 15) is 21.6 Å². The van der Waals surface area contributed by atoms with Crippen molar-refractivity contribution < 1.29 is 21.6 Å². The standard InChI is InChI=1S/C25H32N4O5S3/c1-4-27(5-2)17-18-29(25-26-23-21(35-25)9-8-10-22(23)36(3,31)32)24(30)19-11-13-20(14-12-19)37(33,34)28-15-6-7-16-28/h8-14H,4-7,15-18H2,1-3H3. The first-order valence-corrected chi connectivity index (χ1v) is 16.4. The van der Waals surface area contributed by atoms with Gasteiger partial charge in [-0.3, -0.25) is 9.69 Å². The lowest BCUT2D eigenvalue weighted by Crippen LogP contribution is -2.39. The number of amides is 1. The number of carbonyl (C=O) groups is 1. The van der Waals surface area contributed by atoms with Crippen molar-refractivity contribution in [3.8, 4) is 0 Å². The second kappa shape index (κ2) is 11.2. The number of benzene rings is 2. The van der Waals surface area contributed by atoms with Crippen LogP contribution in [0.5, 0.6) is 0 Å². The molecule has 0 saturated carbocycles. The second-order valence-electron chi connectivity index (χ2n) is 8.99. The van der Waals surface area contributed by atoms with Gasteiger partial charge in [-0.15, -0.1) is 0 Å². The number of anilines is 1. The Morgan fingerprint density at radius 2 is 1.62 bits per heavy atom. The molecule has 1 amide bonds. The number of fused-ring (bicyclic) bond motifs is 1. The van der Waals surface area contributed by atoms with Crippen LogP contribution < -0.4 is 4.90 Å². The molecule has 37 heavy (non-hydrogen) atoms. The normalized spacial score (nSPS) is 15.0. The summed E-state index contributed by atoms with van der Waals surface area (Å²) < 4.78 is 52.5. The predicted molar refractivity (Wildman–Crippen MR) is 147 cm³/mol. The molecule has 0 radical (unpaired) electrons. The van der Waals surface area contributed by atoms with Crippen LogP contribution in [-0.2, 0) is 19.9 Å². The highest BCUT2D eigenvalue weighted by atomic mass is 32.2. The summed E-state index contributed by atoms with van der Waals surface area (Å²) >= 11 is 1.26. The number of nitrogens with zero attached hydrogens (tertiary/aromatic N) is 4. The van der Waals surface area contributed by atoms with Gasteiger partial charge < -0.3 is 4.90 Å². The summed E-state index contributed by atoms with van der Waals surface area (Å²) in [7, 11) is -7.09. The molecule has 4 rings (SSSR count). The van der Waals surface area contributed by atoms with Crippen molar-refractivity contribution in [2.45, 2.75) is 36.5 Å². The Morgan fingerprint density at radius 3 is 2.22 bits per heavy atom. The summed E-state index contributed by atoms with van der Waals surface area (Å²) in [4.78, 5) is 22.3. The Labute approximate surface area is 222 Å². The van der Waals surface area contributed by atoms with Gasteiger partial charge in [-0.1, -0.05) is 31.3 Å². The Balaban J connectivity index is 1.69. The van der Waals surface area contributed by atoms with Crippen LogP contribution in [0.2, 0.25) is 0 Å². The van der Waals surface area contributed by atoms with Gasteiger partial charge in [-0.25, -0.2) is 21.8 Å². The third kappa shape index (κ3) is 5.88. The van der Waals surface area contributed by atoms with Crippen LogP contribution >= 0.6 is 11.3 Å². The molecule has 0 unspecified atom stereocenters. The first-order chi connectivity index (χ1) is 17.6. The number of thiazole rings is 1. The fourth-order valence-corrected chi connectivity index (χ4v) is 7.83. The molecular formula is C25H32N4O5S3. The van der Waals surface area contributed by atoms with Crippen LogP contribution in [0.4, 0.5) is 5.13 Å². The van der Waals surface area contributed by atoms with Crippen LogP contribution in [-0.4, -0.2) is 82.5 Å². The van der Waals surface area contributed by atoms with Crippen molar-refractivity contribution in [2.24, 2.45) is 0 Å². The molecule has 0 bridgehead atoms. The number of likely N-dealkylation sites (N-methyl/N-ethyl adjacent to an activating group) is 1. The van der Waals surface area contributed by atoms with Crippen molar-refractivity contribution in [3.63, 3.8) is 0 Å². The molecule has 3 aromatic rings. The smallest absolute Gasteiger partial charge is 0.260 e. The van der Waals surface area contributed by atoms with Gasteiger partial charge in [0.15, 0.2) is 15.0 Å². The average Bonchev–Trinajstić information content (AvgIpc) is 3.56. The summed E-state index contributed by atoms with van der Waals surface area (Å²) in [5, 5.41) is 0.400.